The van der Waals surface area contributed by atoms with Gasteiger partial charge < -0.3 is 9.15 Å². The molecule has 0 fully saturated rings. The van der Waals surface area contributed by atoms with Crippen molar-refractivity contribution >= 4 is 23.4 Å². The normalized spacial score (nSPS) is 14.5. The number of anilines is 1. The minimum Gasteiger partial charge on any atom is -0.455 e. The fourth-order valence-corrected chi connectivity index (χ4v) is 4.20. The smallest absolute Gasteiger partial charge is 0.247 e. The molecule has 1 aliphatic heterocycles. The zero-order chi connectivity index (χ0) is 23.7. The lowest BCUT2D eigenvalue weighted by Gasteiger charge is -2.28. The minimum atomic E-state index is -0.942. The molecule has 7 nitrogen and oxygen atoms in total. The van der Waals surface area contributed by atoms with Gasteiger partial charge in [0.15, 0.2) is 11.5 Å². The SMILES string of the molecule is C=CCSc1nnc2c(n1)OC(c1ccc(-c3ccc(F)cc3)o1)N(C(C)=O)c1ccccc1-2. The van der Waals surface area contributed by atoms with Crippen LogP contribution in [-0.2, 0) is 4.79 Å². The number of fused-ring (bicyclic) bond motifs is 3. The van der Waals surface area contributed by atoms with Crippen molar-refractivity contribution in [3.05, 3.63) is 84.9 Å². The molecule has 1 atom stereocenters. The predicted octanol–water partition coefficient (Wildman–Crippen LogP) is 5.66. The molecule has 9 heteroatoms. The standard InChI is InChI=1S/C25H19FN4O3S/c1-3-14-34-25-27-23-22(28-29-25)18-6-4-5-7-19(18)30(15(2)31)24(33-23)21-13-12-20(32-21)16-8-10-17(26)11-9-16/h3-13,24H,1,14H2,2H3. The van der Waals surface area contributed by atoms with E-state index in [1.165, 1.54) is 35.7 Å². The second-order valence-electron chi connectivity index (χ2n) is 7.43. The number of benzene rings is 2. The summed E-state index contributed by atoms with van der Waals surface area (Å²) in [6.07, 6.45) is 0.804. The van der Waals surface area contributed by atoms with Gasteiger partial charge in [0.25, 0.3) is 0 Å². The number of carbonyl (C=O) groups is 1. The van der Waals surface area contributed by atoms with Gasteiger partial charge in [0.1, 0.15) is 11.6 Å². The molecule has 0 bridgehead atoms. The summed E-state index contributed by atoms with van der Waals surface area (Å²) in [6.45, 7) is 5.17. The van der Waals surface area contributed by atoms with E-state index in [2.05, 4.69) is 21.8 Å². The first kappa shape index (κ1) is 21.8. The number of aromatic nitrogens is 3. The van der Waals surface area contributed by atoms with Crippen molar-refractivity contribution < 1.29 is 18.3 Å². The first-order valence-corrected chi connectivity index (χ1v) is 11.4. The van der Waals surface area contributed by atoms with Gasteiger partial charge in [-0.25, -0.2) is 4.39 Å². The molecule has 34 heavy (non-hydrogen) atoms. The van der Waals surface area contributed by atoms with Crippen molar-refractivity contribution in [3.8, 4) is 28.5 Å². The van der Waals surface area contributed by atoms with Crippen molar-refractivity contribution in [1.82, 2.24) is 15.2 Å². The molecule has 2 aromatic carbocycles. The van der Waals surface area contributed by atoms with E-state index >= 15 is 0 Å². The Kier molecular flexibility index (Phi) is 5.85. The summed E-state index contributed by atoms with van der Waals surface area (Å²) in [5.74, 6) is 1.16. The van der Waals surface area contributed by atoms with Crippen LogP contribution in [0.1, 0.15) is 18.9 Å². The van der Waals surface area contributed by atoms with Crippen molar-refractivity contribution in [1.29, 1.82) is 0 Å². The molecule has 0 saturated carbocycles. The average molecular weight is 475 g/mol. The van der Waals surface area contributed by atoms with Crippen LogP contribution in [0.2, 0.25) is 0 Å². The van der Waals surface area contributed by atoms with Crippen LogP contribution in [0.5, 0.6) is 5.88 Å². The van der Waals surface area contributed by atoms with Gasteiger partial charge in [-0.15, -0.1) is 16.8 Å². The maximum absolute atomic E-state index is 13.4. The molecule has 1 aliphatic rings. The van der Waals surface area contributed by atoms with E-state index in [-0.39, 0.29) is 17.6 Å². The Hall–Kier alpha value is -3.98. The highest BCUT2D eigenvalue weighted by molar-refractivity contribution is 7.99. The number of ether oxygens (including phenoxy) is 1. The van der Waals surface area contributed by atoms with Gasteiger partial charge >= 0.3 is 0 Å². The zero-order valence-electron chi connectivity index (χ0n) is 18.1. The van der Waals surface area contributed by atoms with Crippen LogP contribution in [0, 0.1) is 5.82 Å². The molecule has 1 unspecified atom stereocenters. The second kappa shape index (κ2) is 9.11. The first-order valence-electron chi connectivity index (χ1n) is 10.4. The summed E-state index contributed by atoms with van der Waals surface area (Å²) in [5.41, 5.74) is 2.39. The highest BCUT2D eigenvalue weighted by Crippen LogP contribution is 2.44. The van der Waals surface area contributed by atoms with Gasteiger partial charge in [0.05, 0.1) is 5.69 Å². The van der Waals surface area contributed by atoms with Gasteiger partial charge in [-0.05, 0) is 42.5 Å². The fourth-order valence-electron chi connectivity index (χ4n) is 3.69. The van der Waals surface area contributed by atoms with E-state index in [1.54, 1.807) is 30.3 Å². The lowest BCUT2D eigenvalue weighted by molar-refractivity contribution is -0.118. The third-order valence-corrected chi connectivity index (χ3v) is 6.01. The average Bonchev–Trinajstić information content (AvgIpc) is 3.28. The van der Waals surface area contributed by atoms with Crippen molar-refractivity contribution in [2.75, 3.05) is 10.7 Å². The first-order chi connectivity index (χ1) is 16.5. The van der Waals surface area contributed by atoms with E-state index < -0.39 is 6.23 Å². The lowest BCUT2D eigenvalue weighted by Crippen LogP contribution is -2.35. The van der Waals surface area contributed by atoms with Gasteiger partial charge in [0, 0.05) is 23.8 Å². The molecule has 0 spiro atoms. The van der Waals surface area contributed by atoms with E-state index in [9.17, 15) is 9.18 Å². The van der Waals surface area contributed by atoms with Gasteiger partial charge in [-0.1, -0.05) is 36.0 Å². The molecule has 3 heterocycles. The zero-order valence-corrected chi connectivity index (χ0v) is 19.0. The molecular formula is C25H19FN4O3S. The third-order valence-electron chi connectivity index (χ3n) is 5.18. The van der Waals surface area contributed by atoms with Gasteiger partial charge in [-0.3, -0.25) is 9.69 Å². The largest absolute Gasteiger partial charge is 0.455 e. The Morgan fingerprint density at radius 1 is 1.15 bits per heavy atom. The van der Waals surface area contributed by atoms with Crippen LogP contribution < -0.4 is 9.64 Å². The topological polar surface area (TPSA) is 81.3 Å². The number of furan rings is 1. The highest BCUT2D eigenvalue weighted by atomic mass is 32.2. The second-order valence-corrected chi connectivity index (χ2v) is 8.42. The van der Waals surface area contributed by atoms with E-state index in [1.807, 2.05) is 24.3 Å². The number of amides is 1. The number of para-hydroxylation sites is 1. The van der Waals surface area contributed by atoms with Crippen LogP contribution in [0.3, 0.4) is 0 Å². The Labute approximate surface area is 199 Å². The van der Waals surface area contributed by atoms with E-state index in [0.717, 1.165) is 0 Å². The van der Waals surface area contributed by atoms with Crippen molar-refractivity contribution in [2.45, 2.75) is 18.3 Å². The van der Waals surface area contributed by atoms with Crippen LogP contribution in [0.15, 0.2) is 82.9 Å². The third kappa shape index (κ3) is 4.06. The highest BCUT2D eigenvalue weighted by Gasteiger charge is 2.36. The maximum atomic E-state index is 13.4. The number of carbonyl (C=O) groups excluding carboxylic acids is 1. The fraction of sp³-hybridized carbons (Fsp3) is 0.120. The molecule has 4 aromatic rings. The van der Waals surface area contributed by atoms with Gasteiger partial charge in [-0.2, -0.15) is 4.98 Å². The quantitative estimate of drug-likeness (QED) is 0.273. The number of nitrogens with zero attached hydrogens (tertiary/aromatic N) is 4. The van der Waals surface area contributed by atoms with E-state index in [0.29, 0.717) is 44.9 Å². The maximum Gasteiger partial charge on any atom is 0.247 e. The Bertz CT molecular complexity index is 1370. The van der Waals surface area contributed by atoms with Crippen LogP contribution in [-0.4, -0.2) is 26.8 Å². The monoisotopic (exact) mass is 474 g/mol. The molecule has 0 N–H and O–H groups in total. The molecule has 0 radical (unpaired) electrons. The molecular weight excluding hydrogens is 455 g/mol. The summed E-state index contributed by atoms with van der Waals surface area (Å²) in [6, 6.07) is 16.8. The molecule has 0 aliphatic carbocycles. The summed E-state index contributed by atoms with van der Waals surface area (Å²) < 4.78 is 25.7. The number of hydrogen-bond acceptors (Lipinski definition) is 7. The molecule has 2 aromatic heterocycles. The van der Waals surface area contributed by atoms with Gasteiger partial charge in [0.2, 0.25) is 23.2 Å². The Morgan fingerprint density at radius 2 is 1.94 bits per heavy atom. The van der Waals surface area contributed by atoms with E-state index in [4.69, 9.17) is 9.15 Å². The Morgan fingerprint density at radius 3 is 2.71 bits per heavy atom. The molecule has 5 rings (SSSR count). The summed E-state index contributed by atoms with van der Waals surface area (Å²) >= 11 is 1.37. The number of thioether (sulfide) groups is 1. The minimum absolute atomic E-state index is 0.238. The number of hydrogen-bond donors (Lipinski definition) is 0. The molecule has 0 saturated heterocycles. The van der Waals surface area contributed by atoms with Crippen LogP contribution >= 0.6 is 11.8 Å². The summed E-state index contributed by atoms with van der Waals surface area (Å²) in [7, 11) is 0. The summed E-state index contributed by atoms with van der Waals surface area (Å²) in [4.78, 5) is 18.9. The number of rotatable bonds is 5. The molecule has 170 valence electrons. The van der Waals surface area contributed by atoms with Crippen molar-refractivity contribution in [2.24, 2.45) is 0 Å². The summed E-state index contributed by atoms with van der Waals surface area (Å²) in [5, 5.41) is 8.99. The lowest BCUT2D eigenvalue weighted by atomic mass is 10.1. The predicted molar refractivity (Wildman–Crippen MR) is 127 cm³/mol. The van der Waals surface area contributed by atoms with Crippen molar-refractivity contribution in [3.63, 3.8) is 0 Å². The van der Waals surface area contributed by atoms with Crippen LogP contribution in [0.25, 0.3) is 22.6 Å². The Balaban J connectivity index is 1.63. The van der Waals surface area contributed by atoms with Crippen LogP contribution in [0.4, 0.5) is 10.1 Å². The molecule has 1 amide bonds. The number of halogens is 1.